The molecule has 6 nitrogen and oxygen atoms in total. The number of carbonyl (C=O) groups excluding carboxylic acids is 1. The predicted octanol–water partition coefficient (Wildman–Crippen LogP) is 4.93. The van der Waals surface area contributed by atoms with Crippen LogP contribution >= 0.6 is 11.3 Å². The van der Waals surface area contributed by atoms with Gasteiger partial charge < -0.3 is 15.4 Å². The average Bonchev–Trinajstić information content (AvgIpc) is 3.38. The summed E-state index contributed by atoms with van der Waals surface area (Å²) in [6.45, 7) is 6.78. The molecule has 3 aromatic rings. The van der Waals surface area contributed by atoms with Crippen LogP contribution in [0.15, 0.2) is 48.7 Å². The van der Waals surface area contributed by atoms with Crippen LogP contribution in [0.3, 0.4) is 0 Å². The van der Waals surface area contributed by atoms with E-state index in [1.54, 1.807) is 16.2 Å². The lowest BCUT2D eigenvalue weighted by molar-refractivity contribution is 0.134. The summed E-state index contributed by atoms with van der Waals surface area (Å²) in [5.74, 6) is 0. The van der Waals surface area contributed by atoms with Gasteiger partial charge in [0.2, 0.25) is 0 Å². The second kappa shape index (κ2) is 8.63. The van der Waals surface area contributed by atoms with Crippen LogP contribution in [0, 0.1) is 6.92 Å². The van der Waals surface area contributed by atoms with Crippen LogP contribution in [-0.4, -0.2) is 30.7 Å². The molecule has 0 bridgehead atoms. The van der Waals surface area contributed by atoms with Gasteiger partial charge in [-0.15, -0.1) is 0 Å². The molecule has 4 rings (SSSR count). The number of urea groups is 1. The van der Waals surface area contributed by atoms with E-state index in [9.17, 15) is 4.79 Å². The van der Waals surface area contributed by atoms with E-state index < -0.39 is 0 Å². The zero-order valence-corrected chi connectivity index (χ0v) is 17.4. The van der Waals surface area contributed by atoms with E-state index in [1.807, 2.05) is 37.4 Å². The summed E-state index contributed by atoms with van der Waals surface area (Å²) in [6, 6.07) is 14.3. The Morgan fingerprint density at radius 2 is 2.07 bits per heavy atom. The maximum Gasteiger partial charge on any atom is 0.321 e. The number of aryl methyl sites for hydroxylation is 1. The van der Waals surface area contributed by atoms with Crippen LogP contribution in [0.5, 0.6) is 0 Å². The highest BCUT2D eigenvalue weighted by Crippen LogP contribution is 2.33. The van der Waals surface area contributed by atoms with Gasteiger partial charge in [-0.05, 0) is 48.7 Å². The Labute approximate surface area is 174 Å². The second-order valence-corrected chi connectivity index (χ2v) is 7.90. The van der Waals surface area contributed by atoms with Gasteiger partial charge in [-0.1, -0.05) is 35.6 Å². The van der Waals surface area contributed by atoms with Gasteiger partial charge in [-0.3, -0.25) is 4.90 Å². The fraction of sp³-hybridized carbons (Fsp3) is 0.273. The van der Waals surface area contributed by atoms with Crippen molar-refractivity contribution in [2.24, 2.45) is 0 Å². The van der Waals surface area contributed by atoms with Crippen molar-refractivity contribution in [1.82, 2.24) is 10.3 Å². The Bertz CT molecular complexity index is 1000. The number of benzene rings is 2. The number of ether oxygens (including phenoxy) is 1. The van der Waals surface area contributed by atoms with Crippen molar-refractivity contribution < 1.29 is 9.53 Å². The molecule has 0 radical (unpaired) electrons. The fourth-order valence-corrected chi connectivity index (χ4v) is 4.05. The Kier molecular flexibility index (Phi) is 5.78. The molecule has 2 amide bonds. The van der Waals surface area contributed by atoms with Gasteiger partial charge in [0.15, 0.2) is 5.13 Å². The molecule has 2 N–H and O–H groups in total. The number of carbonyl (C=O) groups is 1. The van der Waals surface area contributed by atoms with Gasteiger partial charge in [0.1, 0.15) is 0 Å². The molecule has 0 atom stereocenters. The van der Waals surface area contributed by atoms with Crippen LogP contribution in [0.4, 0.5) is 21.3 Å². The normalized spacial score (nSPS) is 13.6. The van der Waals surface area contributed by atoms with Crippen molar-refractivity contribution >= 4 is 33.9 Å². The molecule has 2 heterocycles. The third-order valence-electron chi connectivity index (χ3n) is 4.84. The molecule has 1 saturated heterocycles. The highest BCUT2D eigenvalue weighted by atomic mass is 32.1. The summed E-state index contributed by atoms with van der Waals surface area (Å²) < 4.78 is 5.51. The third-order valence-corrected chi connectivity index (χ3v) is 5.80. The predicted molar refractivity (Wildman–Crippen MR) is 118 cm³/mol. The monoisotopic (exact) mass is 408 g/mol. The molecular formula is C22H24N4O2S. The van der Waals surface area contributed by atoms with Crippen LogP contribution in [-0.2, 0) is 11.3 Å². The fourth-order valence-electron chi connectivity index (χ4n) is 3.22. The van der Waals surface area contributed by atoms with Crippen molar-refractivity contribution in [2.75, 3.05) is 29.9 Å². The molecule has 1 aliphatic rings. The number of anilines is 3. The number of nitrogens with zero attached hydrogens (tertiary/aromatic N) is 2. The summed E-state index contributed by atoms with van der Waals surface area (Å²) in [5, 5.41) is 7.10. The van der Waals surface area contributed by atoms with E-state index in [0.29, 0.717) is 26.3 Å². The highest BCUT2D eigenvalue weighted by molar-refractivity contribution is 7.18. The molecule has 0 unspecified atom stereocenters. The SMILES string of the molecule is CCOCc1ccc(C)c(Nc2ncc(-c3ccc(N4CCNC4=O)cc3)s2)c1. The van der Waals surface area contributed by atoms with Crippen molar-refractivity contribution in [2.45, 2.75) is 20.5 Å². The molecule has 29 heavy (non-hydrogen) atoms. The van der Waals surface area contributed by atoms with Crippen molar-refractivity contribution in [3.05, 3.63) is 59.8 Å². The minimum absolute atomic E-state index is 0.0380. The number of hydrogen-bond donors (Lipinski definition) is 2. The first-order chi connectivity index (χ1) is 14.1. The molecule has 7 heteroatoms. The quantitative estimate of drug-likeness (QED) is 0.582. The number of aromatic nitrogens is 1. The summed E-state index contributed by atoms with van der Waals surface area (Å²) >= 11 is 1.61. The standard InChI is InChI=1S/C22H24N4O2S/c1-3-28-14-16-5-4-15(2)19(12-16)25-21-24-13-20(29-21)17-6-8-18(9-7-17)26-11-10-23-22(26)27/h4-9,12-13H,3,10-11,14H2,1-2H3,(H,23,27)(H,24,25). The topological polar surface area (TPSA) is 66.5 Å². The lowest BCUT2D eigenvalue weighted by Gasteiger charge is -2.14. The van der Waals surface area contributed by atoms with E-state index in [1.165, 1.54) is 0 Å². The Hall–Kier alpha value is -2.90. The molecular weight excluding hydrogens is 384 g/mol. The first-order valence-electron chi connectivity index (χ1n) is 9.70. The van der Waals surface area contributed by atoms with Gasteiger partial charge in [0.25, 0.3) is 0 Å². The van der Waals surface area contributed by atoms with E-state index in [2.05, 4.69) is 40.7 Å². The molecule has 150 valence electrons. The lowest BCUT2D eigenvalue weighted by atomic mass is 10.1. The van der Waals surface area contributed by atoms with Gasteiger partial charge in [-0.25, -0.2) is 9.78 Å². The number of thiazole rings is 1. The second-order valence-electron chi connectivity index (χ2n) is 6.87. The molecule has 0 saturated carbocycles. The van der Waals surface area contributed by atoms with E-state index in [-0.39, 0.29) is 6.03 Å². The van der Waals surface area contributed by atoms with Gasteiger partial charge in [0, 0.05) is 37.3 Å². The van der Waals surface area contributed by atoms with Crippen LogP contribution in [0.25, 0.3) is 10.4 Å². The number of amides is 2. The molecule has 0 spiro atoms. The first-order valence-corrected chi connectivity index (χ1v) is 10.5. The molecule has 1 aliphatic heterocycles. The van der Waals surface area contributed by atoms with E-state index >= 15 is 0 Å². The zero-order valence-electron chi connectivity index (χ0n) is 16.6. The Balaban J connectivity index is 1.48. The molecule has 1 fully saturated rings. The Morgan fingerprint density at radius 1 is 1.24 bits per heavy atom. The molecule has 2 aromatic carbocycles. The van der Waals surface area contributed by atoms with Crippen molar-refractivity contribution in [1.29, 1.82) is 0 Å². The molecule has 0 aliphatic carbocycles. The Morgan fingerprint density at radius 3 is 2.79 bits per heavy atom. The largest absolute Gasteiger partial charge is 0.377 e. The van der Waals surface area contributed by atoms with E-state index in [4.69, 9.17) is 4.74 Å². The summed E-state index contributed by atoms with van der Waals surface area (Å²) in [5.41, 5.74) is 5.33. The number of hydrogen-bond acceptors (Lipinski definition) is 5. The first kappa shape index (κ1) is 19.4. The minimum atomic E-state index is -0.0380. The van der Waals surface area contributed by atoms with Gasteiger partial charge in [-0.2, -0.15) is 0 Å². The minimum Gasteiger partial charge on any atom is -0.377 e. The molecule has 1 aromatic heterocycles. The lowest BCUT2D eigenvalue weighted by Crippen LogP contribution is -2.27. The van der Waals surface area contributed by atoms with Gasteiger partial charge in [0.05, 0.1) is 11.5 Å². The smallest absolute Gasteiger partial charge is 0.321 e. The average molecular weight is 409 g/mol. The number of nitrogens with one attached hydrogen (secondary N) is 2. The summed E-state index contributed by atoms with van der Waals surface area (Å²) in [4.78, 5) is 19.2. The summed E-state index contributed by atoms with van der Waals surface area (Å²) in [7, 11) is 0. The van der Waals surface area contributed by atoms with Crippen LogP contribution < -0.4 is 15.5 Å². The van der Waals surface area contributed by atoms with E-state index in [0.717, 1.165) is 38.1 Å². The van der Waals surface area contributed by atoms with Crippen molar-refractivity contribution in [3.63, 3.8) is 0 Å². The van der Waals surface area contributed by atoms with Gasteiger partial charge >= 0.3 is 6.03 Å². The number of rotatable bonds is 7. The maximum absolute atomic E-state index is 11.8. The van der Waals surface area contributed by atoms with Crippen LogP contribution in [0.2, 0.25) is 0 Å². The maximum atomic E-state index is 11.8. The highest BCUT2D eigenvalue weighted by Gasteiger charge is 2.20. The summed E-state index contributed by atoms with van der Waals surface area (Å²) in [6.07, 6.45) is 1.88. The zero-order chi connectivity index (χ0) is 20.2. The third kappa shape index (κ3) is 4.41. The van der Waals surface area contributed by atoms with Crippen LogP contribution in [0.1, 0.15) is 18.1 Å². The van der Waals surface area contributed by atoms with Crippen molar-refractivity contribution in [3.8, 4) is 10.4 Å².